The number of aliphatic hydroxyl groups excluding tert-OH is 1. The Balaban J connectivity index is 1.38. The Kier molecular flexibility index (Phi) is 8.65. The fourth-order valence-corrected chi connectivity index (χ4v) is 8.28. The molecule has 0 spiro atoms. The second-order valence-electron chi connectivity index (χ2n) is 13.5. The minimum atomic E-state index is -0.667. The van der Waals surface area contributed by atoms with Gasteiger partial charge in [0.2, 0.25) is 5.75 Å². The van der Waals surface area contributed by atoms with Gasteiger partial charge in [-0.05, 0) is 103 Å². The van der Waals surface area contributed by atoms with Crippen molar-refractivity contribution in [1.29, 1.82) is 0 Å². The van der Waals surface area contributed by atoms with Crippen LogP contribution >= 0.6 is 0 Å². The van der Waals surface area contributed by atoms with Crippen molar-refractivity contribution in [2.45, 2.75) is 44.2 Å². The first-order valence-electron chi connectivity index (χ1n) is 17.4. The number of benzene rings is 4. The number of hydrazine groups is 1. The number of rotatable bonds is 5. The summed E-state index contributed by atoms with van der Waals surface area (Å²) in [7, 11) is 8.65. The Morgan fingerprint density at radius 1 is 0.784 bits per heavy atom. The van der Waals surface area contributed by atoms with E-state index in [-0.39, 0.29) is 12.1 Å². The molecule has 51 heavy (non-hydrogen) atoms. The molecule has 4 aromatic rings. The van der Waals surface area contributed by atoms with Crippen molar-refractivity contribution in [1.82, 2.24) is 9.91 Å². The first-order chi connectivity index (χ1) is 24.8. The quantitative estimate of drug-likeness (QED) is 0.261. The van der Waals surface area contributed by atoms with Crippen LogP contribution < -0.4 is 33.4 Å². The van der Waals surface area contributed by atoms with Gasteiger partial charge in [-0.3, -0.25) is 9.69 Å². The van der Waals surface area contributed by atoms with Crippen LogP contribution in [0.2, 0.25) is 0 Å². The minimum absolute atomic E-state index is 0.164. The predicted molar refractivity (Wildman–Crippen MR) is 191 cm³/mol. The Bertz CT molecular complexity index is 2000. The van der Waals surface area contributed by atoms with Gasteiger partial charge in [-0.1, -0.05) is 12.1 Å². The number of amides is 1. The van der Waals surface area contributed by atoms with Crippen molar-refractivity contribution < 1.29 is 38.3 Å². The van der Waals surface area contributed by atoms with Crippen LogP contribution in [0, 0.1) is 0 Å². The number of hydrogen-bond acceptors (Lipinski definition) is 10. The lowest BCUT2D eigenvalue weighted by Crippen LogP contribution is -2.55. The van der Waals surface area contributed by atoms with Crippen LogP contribution in [-0.2, 0) is 30.5 Å². The lowest BCUT2D eigenvalue weighted by Gasteiger charge is -2.48. The Labute approximate surface area is 297 Å². The zero-order chi connectivity index (χ0) is 35.4. The van der Waals surface area contributed by atoms with Gasteiger partial charge in [-0.25, -0.2) is 10.0 Å². The minimum Gasteiger partial charge on any atom is -0.493 e. The third kappa shape index (κ3) is 5.60. The van der Waals surface area contributed by atoms with E-state index >= 15 is 0 Å². The normalized spacial score (nSPS) is 19.3. The molecule has 0 unspecified atom stereocenters. The van der Waals surface area contributed by atoms with Gasteiger partial charge in [0.15, 0.2) is 34.5 Å². The zero-order valence-corrected chi connectivity index (χ0v) is 29.7. The number of fused-ring (bicyclic) bond motifs is 3. The van der Waals surface area contributed by atoms with E-state index in [0.29, 0.717) is 71.1 Å². The third-order valence-electron chi connectivity index (χ3n) is 10.8. The standard InChI is InChI=1S/C40H43N3O8/c1-41-14-12-24-17-32(46-2)35-20-28(24)29(41)11-8-23-6-9-27(10-7-23)50-34-19-26-16-31-38-25(18-36(48-4)39(49-5)40(38)51-35)13-15-42(31)43(37(45)22-44)30(26)21-33(34)47-3/h6-7,9-10,17-21,29,31,44H,8,11-16,22H2,1-5H3/t29-,31-/m0/s1. The van der Waals surface area contributed by atoms with Crippen molar-refractivity contribution in [2.75, 3.05) is 60.2 Å². The van der Waals surface area contributed by atoms with Crippen molar-refractivity contribution in [3.63, 3.8) is 0 Å². The number of ether oxygens (including phenoxy) is 6. The highest BCUT2D eigenvalue weighted by Crippen LogP contribution is 2.54. The molecule has 5 heterocycles. The summed E-state index contributed by atoms with van der Waals surface area (Å²) < 4.78 is 37.2. The van der Waals surface area contributed by atoms with Gasteiger partial charge in [0.05, 0.1) is 40.2 Å². The molecule has 0 saturated carbocycles. The van der Waals surface area contributed by atoms with E-state index in [1.54, 1.807) is 33.4 Å². The number of hydrogen-bond donors (Lipinski definition) is 1. The van der Waals surface area contributed by atoms with E-state index in [0.717, 1.165) is 42.5 Å². The monoisotopic (exact) mass is 693 g/mol. The number of aliphatic hydroxyl groups is 1. The van der Waals surface area contributed by atoms with Gasteiger partial charge in [0, 0.05) is 30.8 Å². The van der Waals surface area contributed by atoms with Crippen LogP contribution in [0.4, 0.5) is 5.69 Å². The van der Waals surface area contributed by atoms with Crippen molar-refractivity contribution in [3.8, 4) is 46.0 Å². The van der Waals surface area contributed by atoms with Crippen LogP contribution in [0.15, 0.2) is 54.6 Å². The molecule has 5 aliphatic rings. The first kappa shape index (κ1) is 33.2. The molecular weight excluding hydrogens is 650 g/mol. The summed E-state index contributed by atoms with van der Waals surface area (Å²) >= 11 is 0. The van der Waals surface area contributed by atoms with Gasteiger partial charge < -0.3 is 33.5 Å². The van der Waals surface area contributed by atoms with Crippen LogP contribution in [0.5, 0.6) is 46.0 Å². The van der Waals surface area contributed by atoms with E-state index < -0.39 is 12.5 Å². The molecule has 5 aliphatic heterocycles. The Morgan fingerprint density at radius 3 is 2.22 bits per heavy atom. The molecule has 0 aromatic heterocycles. The fourth-order valence-electron chi connectivity index (χ4n) is 8.28. The van der Waals surface area contributed by atoms with Crippen LogP contribution in [0.25, 0.3) is 0 Å². The van der Waals surface area contributed by atoms with E-state index in [4.69, 9.17) is 28.4 Å². The van der Waals surface area contributed by atoms with E-state index in [1.165, 1.54) is 16.7 Å². The topological polar surface area (TPSA) is 102 Å². The summed E-state index contributed by atoms with van der Waals surface area (Å²) in [5.41, 5.74) is 7.05. The largest absolute Gasteiger partial charge is 0.493 e. The predicted octanol–water partition coefficient (Wildman–Crippen LogP) is 6.18. The van der Waals surface area contributed by atoms with E-state index in [9.17, 15) is 9.90 Å². The summed E-state index contributed by atoms with van der Waals surface area (Å²) in [6.45, 7) is 0.786. The molecular formula is C40H43N3O8. The summed E-state index contributed by atoms with van der Waals surface area (Å²) in [6, 6.07) is 18.0. The molecule has 11 heteroatoms. The molecule has 2 atom stereocenters. The second-order valence-corrected chi connectivity index (χ2v) is 13.5. The molecule has 11 nitrogen and oxygen atoms in total. The highest BCUT2D eigenvalue weighted by molar-refractivity contribution is 5.95. The SMILES string of the molecule is COc1cc2c3cc1Oc1ccc(cc1)CC[C@H]1c4cc(c(OC)cc4CCN1C)Oc1c(OC)c(OC)cc4c1[C@H](C3)N(CC4)N2C(=O)CO. The lowest BCUT2D eigenvalue weighted by atomic mass is 9.86. The maximum atomic E-state index is 13.7. The number of likely N-dealkylation sites (N-methyl/N-ethyl adjacent to an activating group) is 1. The molecule has 266 valence electrons. The Hall–Kier alpha value is -4.97. The molecule has 9 rings (SSSR count). The van der Waals surface area contributed by atoms with Gasteiger partial charge >= 0.3 is 0 Å². The van der Waals surface area contributed by atoms with E-state index in [1.807, 2.05) is 35.3 Å². The number of methoxy groups -OCH3 is 4. The van der Waals surface area contributed by atoms with Gasteiger partial charge in [-0.2, -0.15) is 0 Å². The summed E-state index contributed by atoms with van der Waals surface area (Å²) in [6.07, 6.45) is 3.80. The van der Waals surface area contributed by atoms with Crippen LogP contribution in [0.1, 0.15) is 51.9 Å². The molecule has 4 aromatic carbocycles. The smallest absolute Gasteiger partial charge is 0.267 e. The zero-order valence-electron chi connectivity index (χ0n) is 29.7. The molecule has 7 bridgehead atoms. The summed E-state index contributed by atoms with van der Waals surface area (Å²) in [4.78, 5) is 16.1. The maximum absolute atomic E-state index is 13.7. The van der Waals surface area contributed by atoms with Crippen LogP contribution in [0.3, 0.4) is 0 Å². The number of aryl methyl sites for hydroxylation is 1. The Morgan fingerprint density at radius 2 is 1.49 bits per heavy atom. The van der Waals surface area contributed by atoms with Gasteiger partial charge in [0.1, 0.15) is 12.4 Å². The number of anilines is 1. The number of carbonyl (C=O) groups is 1. The van der Waals surface area contributed by atoms with Crippen molar-refractivity contribution >= 4 is 11.6 Å². The average Bonchev–Trinajstić information content (AvgIpc) is 3.15. The lowest BCUT2D eigenvalue weighted by molar-refractivity contribution is -0.125. The number of carbonyl (C=O) groups excluding carboxylic acids is 1. The maximum Gasteiger partial charge on any atom is 0.267 e. The summed E-state index contributed by atoms with van der Waals surface area (Å²) in [5.74, 6) is 3.94. The van der Waals surface area contributed by atoms with E-state index in [2.05, 4.69) is 36.2 Å². The highest BCUT2D eigenvalue weighted by Gasteiger charge is 2.43. The molecule has 1 N–H and O–H groups in total. The third-order valence-corrected chi connectivity index (χ3v) is 10.8. The molecule has 1 amide bonds. The molecule has 0 saturated heterocycles. The highest BCUT2D eigenvalue weighted by atomic mass is 16.5. The van der Waals surface area contributed by atoms with Crippen molar-refractivity contribution in [3.05, 3.63) is 88.0 Å². The first-order valence-corrected chi connectivity index (χ1v) is 17.4. The van der Waals surface area contributed by atoms with Gasteiger partial charge in [-0.15, -0.1) is 0 Å². The number of nitrogens with zero attached hydrogens (tertiary/aromatic N) is 3. The van der Waals surface area contributed by atoms with Crippen molar-refractivity contribution in [2.24, 2.45) is 0 Å². The average molecular weight is 694 g/mol. The fraction of sp³-hybridized carbons (Fsp3) is 0.375. The van der Waals surface area contributed by atoms with Gasteiger partial charge in [0.25, 0.3) is 5.91 Å². The second kappa shape index (κ2) is 13.3. The molecule has 0 radical (unpaired) electrons. The summed E-state index contributed by atoms with van der Waals surface area (Å²) in [5, 5.41) is 13.8. The van der Waals surface area contributed by atoms with Crippen LogP contribution in [-0.4, -0.2) is 76.1 Å². The molecule has 0 fully saturated rings. The molecule has 0 aliphatic carbocycles.